The van der Waals surface area contributed by atoms with Crippen molar-refractivity contribution < 1.29 is 17.9 Å². The van der Waals surface area contributed by atoms with Crippen molar-refractivity contribution in [3.05, 3.63) is 82.9 Å². The summed E-state index contributed by atoms with van der Waals surface area (Å²) in [6, 6.07) is 17.8. The van der Waals surface area contributed by atoms with Crippen molar-refractivity contribution in [2.45, 2.75) is 18.7 Å². The lowest BCUT2D eigenvalue weighted by Gasteiger charge is -2.12. The summed E-state index contributed by atoms with van der Waals surface area (Å²) in [7, 11) is -3.79. The summed E-state index contributed by atoms with van der Waals surface area (Å²) in [5.74, 6) is 0.345. The number of anilines is 2. The van der Waals surface area contributed by atoms with Crippen molar-refractivity contribution in [3.63, 3.8) is 0 Å². The van der Waals surface area contributed by atoms with Gasteiger partial charge in [-0.25, -0.2) is 8.42 Å². The highest BCUT2D eigenvalue weighted by molar-refractivity contribution is 7.92. The maximum Gasteiger partial charge on any atom is 0.261 e. The Bertz CT molecular complexity index is 1140. The van der Waals surface area contributed by atoms with Gasteiger partial charge in [-0.1, -0.05) is 29.3 Å². The lowest BCUT2D eigenvalue weighted by Crippen LogP contribution is -2.15. The number of ether oxygens (including phenoxy) is 1. The molecule has 0 spiro atoms. The topological polar surface area (TPSA) is 84.5 Å². The molecule has 30 heavy (non-hydrogen) atoms. The molecule has 2 N–H and O–H groups in total. The number of hydrogen-bond donors (Lipinski definition) is 2. The van der Waals surface area contributed by atoms with E-state index in [1.54, 1.807) is 36.4 Å². The molecule has 3 aromatic carbocycles. The van der Waals surface area contributed by atoms with Gasteiger partial charge in [0.25, 0.3) is 15.9 Å². The Morgan fingerprint density at radius 2 is 1.67 bits per heavy atom. The molecule has 0 atom stereocenters. The van der Waals surface area contributed by atoms with Crippen molar-refractivity contribution in [1.82, 2.24) is 0 Å². The molecule has 0 heterocycles. The van der Waals surface area contributed by atoms with Crippen LogP contribution in [0.4, 0.5) is 11.4 Å². The van der Waals surface area contributed by atoms with Crippen LogP contribution in [0.15, 0.2) is 71.6 Å². The summed E-state index contributed by atoms with van der Waals surface area (Å²) in [5.41, 5.74) is 2.04. The number of benzene rings is 3. The van der Waals surface area contributed by atoms with Gasteiger partial charge in [-0.3, -0.25) is 9.52 Å². The van der Waals surface area contributed by atoms with Gasteiger partial charge in [0.2, 0.25) is 0 Å². The molecule has 0 unspecified atom stereocenters. The highest BCUT2D eigenvalue weighted by Crippen LogP contribution is 2.26. The zero-order chi connectivity index (χ0) is 21.7. The number of rotatable bonds is 7. The lowest BCUT2D eigenvalue weighted by atomic mass is 10.2. The van der Waals surface area contributed by atoms with E-state index in [1.165, 1.54) is 30.3 Å². The van der Waals surface area contributed by atoms with E-state index in [-0.39, 0.29) is 21.5 Å². The monoisotopic (exact) mass is 444 g/mol. The molecule has 0 fully saturated rings. The van der Waals surface area contributed by atoms with Crippen LogP contribution in [0.5, 0.6) is 5.75 Å². The van der Waals surface area contributed by atoms with Crippen molar-refractivity contribution in [3.8, 4) is 5.75 Å². The number of nitrogens with one attached hydrogen (secondary N) is 2. The molecule has 3 rings (SSSR count). The van der Waals surface area contributed by atoms with Crippen molar-refractivity contribution in [1.29, 1.82) is 0 Å². The summed E-state index contributed by atoms with van der Waals surface area (Å²) in [6.45, 7) is 4.33. The Labute approximate surface area is 180 Å². The predicted molar refractivity (Wildman–Crippen MR) is 119 cm³/mol. The first-order chi connectivity index (χ1) is 14.3. The minimum atomic E-state index is -3.79. The molecular formula is C22H21ClN2O4S. The minimum Gasteiger partial charge on any atom is -0.494 e. The second-order valence-electron chi connectivity index (χ2n) is 6.52. The molecule has 6 nitrogen and oxygen atoms in total. The SMILES string of the molecule is CCOc1ccc(NC(=O)c2ccc(NS(=O)(=O)c3ccc(C)cc3)c(Cl)c2)cc1. The molecule has 3 aromatic rings. The van der Waals surface area contributed by atoms with Gasteiger partial charge in [0.1, 0.15) is 5.75 Å². The second kappa shape index (κ2) is 9.19. The highest BCUT2D eigenvalue weighted by Gasteiger charge is 2.17. The van der Waals surface area contributed by atoms with E-state index in [0.717, 1.165) is 5.56 Å². The molecule has 1 amide bonds. The first-order valence-corrected chi connectivity index (χ1v) is 11.1. The summed E-state index contributed by atoms with van der Waals surface area (Å²) in [5, 5.41) is 2.88. The fourth-order valence-corrected chi connectivity index (χ4v) is 4.03. The van der Waals surface area contributed by atoms with Crippen LogP contribution in [0, 0.1) is 6.92 Å². The molecular weight excluding hydrogens is 424 g/mol. The number of carbonyl (C=O) groups excluding carboxylic acids is 1. The fraction of sp³-hybridized carbons (Fsp3) is 0.136. The summed E-state index contributed by atoms with van der Waals surface area (Å²) in [4.78, 5) is 12.6. The molecule has 8 heteroatoms. The van der Waals surface area contributed by atoms with Crippen LogP contribution in [-0.2, 0) is 10.0 Å². The molecule has 0 aromatic heterocycles. The van der Waals surface area contributed by atoms with Crippen LogP contribution < -0.4 is 14.8 Å². The van der Waals surface area contributed by atoms with Crippen LogP contribution >= 0.6 is 11.6 Å². The smallest absolute Gasteiger partial charge is 0.261 e. The standard InChI is InChI=1S/C22H21ClN2O4S/c1-3-29-18-9-7-17(8-10-18)24-22(26)16-6-13-21(20(23)14-16)25-30(27,28)19-11-4-15(2)5-12-19/h4-14,25H,3H2,1-2H3,(H,24,26). The van der Waals surface area contributed by atoms with E-state index >= 15 is 0 Å². The Morgan fingerprint density at radius 3 is 2.27 bits per heavy atom. The zero-order valence-corrected chi connectivity index (χ0v) is 18.0. The van der Waals surface area contributed by atoms with Crippen LogP contribution in [0.3, 0.4) is 0 Å². The first kappa shape index (κ1) is 21.7. The number of hydrogen-bond acceptors (Lipinski definition) is 4. The van der Waals surface area contributed by atoms with E-state index in [4.69, 9.17) is 16.3 Å². The van der Waals surface area contributed by atoms with E-state index in [0.29, 0.717) is 23.6 Å². The van der Waals surface area contributed by atoms with Crippen LogP contribution in [0.2, 0.25) is 5.02 Å². The number of amides is 1. The average molecular weight is 445 g/mol. The molecule has 0 aliphatic heterocycles. The average Bonchev–Trinajstić information content (AvgIpc) is 2.71. The van der Waals surface area contributed by atoms with Crippen molar-refractivity contribution >= 4 is 38.9 Å². The summed E-state index contributed by atoms with van der Waals surface area (Å²) >= 11 is 6.23. The predicted octanol–water partition coefficient (Wildman–Crippen LogP) is 5.10. The van der Waals surface area contributed by atoms with E-state index in [2.05, 4.69) is 10.0 Å². The molecule has 156 valence electrons. The zero-order valence-electron chi connectivity index (χ0n) is 16.5. The Balaban J connectivity index is 1.72. The highest BCUT2D eigenvalue weighted by atomic mass is 35.5. The third-order valence-corrected chi connectivity index (χ3v) is 5.92. The molecule has 0 radical (unpaired) electrons. The molecule has 0 saturated carbocycles. The van der Waals surface area contributed by atoms with Crippen LogP contribution in [-0.4, -0.2) is 20.9 Å². The van der Waals surface area contributed by atoms with E-state index in [9.17, 15) is 13.2 Å². The Morgan fingerprint density at radius 1 is 1.00 bits per heavy atom. The molecule has 0 aliphatic rings. The number of aryl methyl sites for hydroxylation is 1. The van der Waals surface area contributed by atoms with Crippen LogP contribution in [0.25, 0.3) is 0 Å². The number of carbonyl (C=O) groups is 1. The molecule has 0 bridgehead atoms. The Kier molecular flexibility index (Phi) is 6.64. The normalized spacial score (nSPS) is 11.0. The summed E-state index contributed by atoms with van der Waals surface area (Å²) in [6.07, 6.45) is 0. The maximum absolute atomic E-state index is 12.5. The summed E-state index contributed by atoms with van der Waals surface area (Å²) < 4.78 is 32.9. The van der Waals surface area contributed by atoms with Gasteiger partial charge in [-0.2, -0.15) is 0 Å². The Hall–Kier alpha value is -3.03. The van der Waals surface area contributed by atoms with Gasteiger partial charge < -0.3 is 10.1 Å². The maximum atomic E-state index is 12.5. The van der Waals surface area contributed by atoms with Crippen molar-refractivity contribution in [2.75, 3.05) is 16.6 Å². The second-order valence-corrected chi connectivity index (χ2v) is 8.61. The molecule has 0 aliphatic carbocycles. The van der Waals surface area contributed by atoms with Gasteiger partial charge in [-0.05, 0) is 68.4 Å². The lowest BCUT2D eigenvalue weighted by molar-refractivity contribution is 0.102. The van der Waals surface area contributed by atoms with Gasteiger partial charge in [-0.15, -0.1) is 0 Å². The largest absolute Gasteiger partial charge is 0.494 e. The van der Waals surface area contributed by atoms with Gasteiger partial charge in [0.15, 0.2) is 0 Å². The number of halogens is 1. The van der Waals surface area contributed by atoms with Crippen LogP contribution in [0.1, 0.15) is 22.8 Å². The number of sulfonamides is 1. The van der Waals surface area contributed by atoms with Gasteiger partial charge >= 0.3 is 0 Å². The molecule has 0 saturated heterocycles. The minimum absolute atomic E-state index is 0.116. The van der Waals surface area contributed by atoms with Gasteiger partial charge in [0.05, 0.1) is 22.2 Å². The fourth-order valence-electron chi connectivity index (χ4n) is 2.66. The van der Waals surface area contributed by atoms with Crippen molar-refractivity contribution in [2.24, 2.45) is 0 Å². The third-order valence-electron chi connectivity index (χ3n) is 4.23. The third kappa shape index (κ3) is 5.31. The first-order valence-electron chi connectivity index (χ1n) is 9.22. The van der Waals surface area contributed by atoms with Gasteiger partial charge in [0, 0.05) is 11.3 Å². The quantitative estimate of drug-likeness (QED) is 0.531. The van der Waals surface area contributed by atoms with E-state index < -0.39 is 10.0 Å². The van der Waals surface area contributed by atoms with E-state index in [1.807, 2.05) is 13.8 Å².